The van der Waals surface area contributed by atoms with Gasteiger partial charge in [0.1, 0.15) is 0 Å². The van der Waals surface area contributed by atoms with E-state index in [1.807, 2.05) is 0 Å². The number of rotatable bonds is 11. The van der Waals surface area contributed by atoms with Gasteiger partial charge in [-0.25, -0.2) is 0 Å². The number of aromatic amines is 1. The highest BCUT2D eigenvalue weighted by atomic mass is 16.1. The number of unbranched alkanes of at least 4 members (excludes halogenated alkanes) is 8. The normalized spacial score (nSPS) is 10.6. The molecule has 1 amide bonds. The number of nitrogens with zero attached hydrogens (tertiary/aromatic N) is 2. The Hall–Kier alpha value is -1.39. The van der Waals surface area contributed by atoms with Crippen molar-refractivity contribution < 1.29 is 4.79 Å². The summed E-state index contributed by atoms with van der Waals surface area (Å²) in [5, 5.41) is 12.6. The molecule has 1 aromatic rings. The Balaban J connectivity index is 1.86. The van der Waals surface area contributed by atoms with Crippen molar-refractivity contribution in [3.63, 3.8) is 0 Å². The van der Waals surface area contributed by atoms with E-state index >= 15 is 0 Å². The number of H-pyrrole nitrogens is 1. The Morgan fingerprint density at radius 1 is 1.11 bits per heavy atom. The molecule has 0 atom stereocenters. The standard InChI is InChI=1S/C14H26N4O/c1-2-3-4-5-6-7-8-9-10-11-14(19)16-13-12-15-18-17-13/h12H,2-11H2,1H3,(H2,15,16,17,18,19). The predicted molar refractivity (Wildman–Crippen MR) is 76.9 cm³/mol. The van der Waals surface area contributed by atoms with Crippen molar-refractivity contribution in [2.45, 2.75) is 71.1 Å². The Bertz CT molecular complexity index is 324. The van der Waals surface area contributed by atoms with Gasteiger partial charge < -0.3 is 5.32 Å². The number of anilines is 1. The van der Waals surface area contributed by atoms with Crippen LogP contribution in [0.4, 0.5) is 5.82 Å². The second-order valence-electron chi connectivity index (χ2n) is 4.98. The zero-order valence-corrected chi connectivity index (χ0v) is 12.0. The average Bonchev–Trinajstić information content (AvgIpc) is 2.89. The number of hydrogen-bond donors (Lipinski definition) is 2. The van der Waals surface area contributed by atoms with Crippen LogP contribution in [0.1, 0.15) is 71.1 Å². The van der Waals surface area contributed by atoms with Crippen molar-refractivity contribution in [1.29, 1.82) is 0 Å². The quantitative estimate of drug-likeness (QED) is 0.600. The molecule has 5 heteroatoms. The van der Waals surface area contributed by atoms with Crippen LogP contribution in [0.3, 0.4) is 0 Å². The SMILES string of the molecule is CCCCCCCCCCCC(=O)Nc1cn[nH]n1. The van der Waals surface area contributed by atoms with E-state index < -0.39 is 0 Å². The van der Waals surface area contributed by atoms with Crippen molar-refractivity contribution in [2.24, 2.45) is 0 Å². The fourth-order valence-corrected chi connectivity index (χ4v) is 2.06. The smallest absolute Gasteiger partial charge is 0.225 e. The van der Waals surface area contributed by atoms with E-state index in [4.69, 9.17) is 0 Å². The van der Waals surface area contributed by atoms with Crippen molar-refractivity contribution in [3.8, 4) is 0 Å². The first kappa shape index (κ1) is 15.7. The maximum absolute atomic E-state index is 11.5. The minimum Gasteiger partial charge on any atom is -0.308 e. The molecule has 0 aliphatic heterocycles. The maximum Gasteiger partial charge on any atom is 0.225 e. The summed E-state index contributed by atoms with van der Waals surface area (Å²) in [6, 6.07) is 0. The van der Waals surface area contributed by atoms with Gasteiger partial charge in [0.2, 0.25) is 5.91 Å². The third-order valence-corrected chi connectivity index (χ3v) is 3.19. The summed E-state index contributed by atoms with van der Waals surface area (Å²) in [6.07, 6.45) is 13.5. The molecule has 0 fully saturated rings. The largest absolute Gasteiger partial charge is 0.308 e. The molecule has 0 saturated carbocycles. The van der Waals surface area contributed by atoms with Crippen LogP contribution < -0.4 is 5.32 Å². The number of aromatic nitrogens is 3. The molecule has 1 rings (SSSR count). The van der Waals surface area contributed by atoms with Crippen LogP contribution >= 0.6 is 0 Å². The van der Waals surface area contributed by atoms with Gasteiger partial charge in [-0.3, -0.25) is 4.79 Å². The summed E-state index contributed by atoms with van der Waals surface area (Å²) >= 11 is 0. The van der Waals surface area contributed by atoms with Gasteiger partial charge in [0, 0.05) is 6.42 Å². The Morgan fingerprint density at radius 2 is 1.74 bits per heavy atom. The van der Waals surface area contributed by atoms with Crippen LogP contribution in [-0.2, 0) is 4.79 Å². The lowest BCUT2D eigenvalue weighted by molar-refractivity contribution is -0.116. The zero-order valence-electron chi connectivity index (χ0n) is 12.0. The van der Waals surface area contributed by atoms with Gasteiger partial charge in [0.15, 0.2) is 5.82 Å². The first-order valence-corrected chi connectivity index (χ1v) is 7.48. The van der Waals surface area contributed by atoms with Crippen LogP contribution in [0.25, 0.3) is 0 Å². The second kappa shape index (κ2) is 10.5. The molecular formula is C14H26N4O. The van der Waals surface area contributed by atoms with Gasteiger partial charge in [0.25, 0.3) is 0 Å². The van der Waals surface area contributed by atoms with Crippen LogP contribution in [0.15, 0.2) is 6.20 Å². The monoisotopic (exact) mass is 266 g/mol. The van der Waals surface area contributed by atoms with E-state index in [2.05, 4.69) is 27.7 Å². The molecular weight excluding hydrogens is 240 g/mol. The molecule has 0 saturated heterocycles. The second-order valence-corrected chi connectivity index (χ2v) is 4.98. The molecule has 0 bridgehead atoms. The van der Waals surface area contributed by atoms with Crippen LogP contribution in [-0.4, -0.2) is 21.3 Å². The molecule has 2 N–H and O–H groups in total. The van der Waals surface area contributed by atoms with E-state index in [1.165, 1.54) is 51.1 Å². The summed E-state index contributed by atoms with van der Waals surface area (Å²) in [4.78, 5) is 11.5. The molecule has 1 aromatic heterocycles. The number of hydrogen-bond acceptors (Lipinski definition) is 3. The van der Waals surface area contributed by atoms with E-state index in [0.717, 1.165) is 12.8 Å². The molecule has 0 radical (unpaired) electrons. The van der Waals surface area contributed by atoms with E-state index in [1.54, 1.807) is 0 Å². The molecule has 0 aliphatic rings. The summed E-state index contributed by atoms with van der Waals surface area (Å²) in [7, 11) is 0. The Labute approximate surface area is 115 Å². The van der Waals surface area contributed by atoms with E-state index in [-0.39, 0.29) is 5.91 Å². The fraction of sp³-hybridized carbons (Fsp3) is 0.786. The Morgan fingerprint density at radius 3 is 2.32 bits per heavy atom. The van der Waals surface area contributed by atoms with Gasteiger partial charge in [-0.1, -0.05) is 58.3 Å². The van der Waals surface area contributed by atoms with E-state index in [0.29, 0.717) is 12.2 Å². The first-order chi connectivity index (χ1) is 9.33. The maximum atomic E-state index is 11.5. The highest BCUT2D eigenvalue weighted by Crippen LogP contribution is 2.10. The molecule has 108 valence electrons. The van der Waals surface area contributed by atoms with Crippen molar-refractivity contribution in [1.82, 2.24) is 15.4 Å². The van der Waals surface area contributed by atoms with Crippen molar-refractivity contribution >= 4 is 11.7 Å². The van der Waals surface area contributed by atoms with Gasteiger partial charge in [0.05, 0.1) is 6.20 Å². The van der Waals surface area contributed by atoms with Gasteiger partial charge >= 0.3 is 0 Å². The van der Waals surface area contributed by atoms with Crippen LogP contribution in [0.2, 0.25) is 0 Å². The molecule has 0 aromatic carbocycles. The minimum atomic E-state index is 0.0249. The lowest BCUT2D eigenvalue weighted by Gasteiger charge is -2.02. The third kappa shape index (κ3) is 8.35. The first-order valence-electron chi connectivity index (χ1n) is 7.48. The minimum absolute atomic E-state index is 0.0249. The highest BCUT2D eigenvalue weighted by Gasteiger charge is 2.03. The van der Waals surface area contributed by atoms with Gasteiger partial charge in [-0.05, 0) is 6.42 Å². The third-order valence-electron chi connectivity index (χ3n) is 3.19. The Kier molecular flexibility index (Phi) is 8.68. The average molecular weight is 266 g/mol. The summed E-state index contributed by atoms with van der Waals surface area (Å²) in [5.74, 6) is 0.526. The molecule has 0 spiro atoms. The predicted octanol–water partition coefficient (Wildman–Crippen LogP) is 3.66. The molecule has 19 heavy (non-hydrogen) atoms. The topological polar surface area (TPSA) is 70.7 Å². The summed E-state index contributed by atoms with van der Waals surface area (Å²) in [6.45, 7) is 2.24. The van der Waals surface area contributed by atoms with Crippen molar-refractivity contribution in [3.05, 3.63) is 6.20 Å². The van der Waals surface area contributed by atoms with Gasteiger partial charge in [-0.2, -0.15) is 10.3 Å². The lowest BCUT2D eigenvalue weighted by atomic mass is 10.1. The number of carbonyl (C=O) groups excluding carboxylic acids is 1. The fourth-order valence-electron chi connectivity index (χ4n) is 2.06. The van der Waals surface area contributed by atoms with Gasteiger partial charge in [-0.15, -0.1) is 5.10 Å². The molecule has 5 nitrogen and oxygen atoms in total. The van der Waals surface area contributed by atoms with E-state index in [9.17, 15) is 4.79 Å². The number of nitrogens with one attached hydrogen (secondary N) is 2. The summed E-state index contributed by atoms with van der Waals surface area (Å²) < 4.78 is 0. The number of carbonyl (C=O) groups is 1. The number of amides is 1. The van der Waals surface area contributed by atoms with Crippen LogP contribution in [0.5, 0.6) is 0 Å². The van der Waals surface area contributed by atoms with Crippen LogP contribution in [0, 0.1) is 0 Å². The molecule has 0 aliphatic carbocycles. The summed E-state index contributed by atoms with van der Waals surface area (Å²) in [5.41, 5.74) is 0. The van der Waals surface area contributed by atoms with Crippen molar-refractivity contribution in [2.75, 3.05) is 5.32 Å². The lowest BCUT2D eigenvalue weighted by Crippen LogP contribution is -2.11. The zero-order chi connectivity index (χ0) is 13.8. The highest BCUT2D eigenvalue weighted by molar-refractivity contribution is 5.89. The molecule has 0 unspecified atom stereocenters. The molecule has 1 heterocycles.